The van der Waals surface area contributed by atoms with Crippen molar-refractivity contribution in [1.82, 2.24) is 4.90 Å². The molecule has 0 aromatic heterocycles. The van der Waals surface area contributed by atoms with Crippen LogP contribution in [0.15, 0.2) is 24.3 Å². The number of piperidine rings is 1. The van der Waals surface area contributed by atoms with Crippen LogP contribution in [0.4, 0.5) is 5.69 Å². The lowest BCUT2D eigenvalue weighted by atomic mass is 9.96. The molecule has 0 bridgehead atoms. The van der Waals surface area contributed by atoms with Gasteiger partial charge in [0.15, 0.2) is 0 Å². The number of nitrogens with zero attached hydrogens (tertiary/aromatic N) is 1. The van der Waals surface area contributed by atoms with Crippen molar-refractivity contribution in [3.63, 3.8) is 0 Å². The first-order valence-corrected chi connectivity index (χ1v) is 7.75. The number of carbonyl (C=O) groups excluding carboxylic acids is 1. The van der Waals surface area contributed by atoms with Crippen molar-refractivity contribution in [2.45, 2.75) is 58.2 Å². The fourth-order valence-corrected chi connectivity index (χ4v) is 3.08. The third kappa shape index (κ3) is 3.69. The molecule has 1 N–H and O–H groups in total. The molecule has 0 unspecified atom stereocenters. The summed E-state index contributed by atoms with van der Waals surface area (Å²) in [5.74, 6) is 1.00. The van der Waals surface area contributed by atoms with Crippen LogP contribution >= 0.6 is 0 Å². The Morgan fingerprint density at radius 2 is 1.81 bits per heavy atom. The second-order valence-electron chi connectivity index (χ2n) is 5.97. The van der Waals surface area contributed by atoms with E-state index in [1.165, 1.54) is 6.42 Å². The summed E-state index contributed by atoms with van der Waals surface area (Å²) in [6.45, 7) is 6.22. The van der Waals surface area contributed by atoms with Gasteiger partial charge in [-0.3, -0.25) is 4.79 Å². The highest BCUT2D eigenvalue weighted by atomic mass is 16.5. The molecule has 2 rings (SSSR count). The summed E-state index contributed by atoms with van der Waals surface area (Å²) in [6.07, 6.45) is 3.42. The van der Waals surface area contributed by atoms with E-state index in [2.05, 4.69) is 19.2 Å². The molecule has 1 heterocycles. The normalized spacial score (nSPS) is 23.5. The van der Waals surface area contributed by atoms with Crippen molar-refractivity contribution >= 4 is 11.6 Å². The number of hydrogen-bond donors (Lipinski definition) is 1. The van der Waals surface area contributed by atoms with E-state index in [0.717, 1.165) is 24.3 Å². The molecule has 1 saturated heterocycles. The number of hydrogen-bond acceptors (Lipinski definition) is 3. The lowest BCUT2D eigenvalue weighted by molar-refractivity contribution is -0.137. The van der Waals surface area contributed by atoms with E-state index in [1.807, 2.05) is 36.1 Å². The van der Waals surface area contributed by atoms with Crippen molar-refractivity contribution in [2.75, 3.05) is 12.4 Å². The van der Waals surface area contributed by atoms with E-state index in [9.17, 15) is 4.79 Å². The second-order valence-corrected chi connectivity index (χ2v) is 5.97. The predicted octanol–water partition coefficient (Wildman–Crippen LogP) is 3.29. The van der Waals surface area contributed by atoms with Crippen LogP contribution in [0, 0.1) is 0 Å². The number of likely N-dealkylation sites (tertiary alicyclic amines) is 1. The highest BCUT2D eigenvalue weighted by Gasteiger charge is 2.31. The van der Waals surface area contributed by atoms with Crippen molar-refractivity contribution < 1.29 is 9.53 Å². The van der Waals surface area contributed by atoms with Gasteiger partial charge in [-0.1, -0.05) is 0 Å². The lowest BCUT2D eigenvalue weighted by Gasteiger charge is -2.40. The van der Waals surface area contributed by atoms with Crippen LogP contribution < -0.4 is 10.1 Å². The Morgan fingerprint density at radius 1 is 1.24 bits per heavy atom. The maximum atomic E-state index is 12.7. The molecule has 0 spiro atoms. The maximum absolute atomic E-state index is 12.7. The monoisotopic (exact) mass is 290 g/mol. The first-order valence-electron chi connectivity index (χ1n) is 7.75. The van der Waals surface area contributed by atoms with Crippen molar-refractivity contribution in [3.8, 4) is 5.75 Å². The summed E-state index contributed by atoms with van der Waals surface area (Å²) in [7, 11) is 1.65. The van der Waals surface area contributed by atoms with Gasteiger partial charge in [-0.05, 0) is 64.3 Å². The fourth-order valence-electron chi connectivity index (χ4n) is 3.08. The van der Waals surface area contributed by atoms with E-state index in [1.54, 1.807) is 7.11 Å². The summed E-state index contributed by atoms with van der Waals surface area (Å²) in [6, 6.07) is 8.11. The van der Waals surface area contributed by atoms with Gasteiger partial charge in [-0.15, -0.1) is 0 Å². The highest BCUT2D eigenvalue weighted by Crippen LogP contribution is 2.24. The van der Waals surface area contributed by atoms with Crippen LogP contribution in [0.1, 0.15) is 40.0 Å². The molecule has 0 saturated carbocycles. The number of nitrogens with one attached hydrogen (secondary N) is 1. The second kappa shape index (κ2) is 6.83. The van der Waals surface area contributed by atoms with E-state index in [4.69, 9.17) is 4.74 Å². The number of anilines is 1. The summed E-state index contributed by atoms with van der Waals surface area (Å²) in [5, 5.41) is 3.28. The van der Waals surface area contributed by atoms with Gasteiger partial charge in [0.1, 0.15) is 11.8 Å². The molecule has 0 radical (unpaired) electrons. The molecular weight excluding hydrogens is 264 g/mol. The number of carbonyl (C=O) groups is 1. The zero-order chi connectivity index (χ0) is 15.4. The average molecular weight is 290 g/mol. The van der Waals surface area contributed by atoms with Gasteiger partial charge in [0.25, 0.3) is 0 Å². The van der Waals surface area contributed by atoms with Crippen LogP contribution in [0.25, 0.3) is 0 Å². The van der Waals surface area contributed by atoms with E-state index >= 15 is 0 Å². The average Bonchev–Trinajstić information content (AvgIpc) is 2.47. The molecule has 1 aromatic carbocycles. The fraction of sp³-hybridized carbons (Fsp3) is 0.588. The summed E-state index contributed by atoms with van der Waals surface area (Å²) in [5.41, 5.74) is 0.939. The van der Waals surface area contributed by atoms with Gasteiger partial charge in [0.05, 0.1) is 7.11 Å². The third-order valence-electron chi connectivity index (χ3n) is 4.29. The zero-order valence-corrected chi connectivity index (χ0v) is 13.4. The summed E-state index contributed by atoms with van der Waals surface area (Å²) in [4.78, 5) is 14.7. The summed E-state index contributed by atoms with van der Waals surface area (Å²) < 4.78 is 5.14. The number of benzene rings is 1. The van der Waals surface area contributed by atoms with Crippen LogP contribution in [0.2, 0.25) is 0 Å². The Morgan fingerprint density at radius 3 is 2.33 bits per heavy atom. The molecule has 4 nitrogen and oxygen atoms in total. The van der Waals surface area contributed by atoms with E-state index in [-0.39, 0.29) is 11.9 Å². The molecule has 1 aliphatic rings. The largest absolute Gasteiger partial charge is 0.497 e. The molecular formula is C17H26N2O2. The molecule has 3 atom stereocenters. The molecule has 4 heteroatoms. The standard InChI is InChI=1S/C17H26N2O2/c1-12-6-5-7-13(2)19(12)17(20)14(3)18-15-8-10-16(21-4)11-9-15/h8-14,18H,5-7H2,1-4H3/t12-,13-,14+/m0/s1. The number of amides is 1. The van der Waals surface area contributed by atoms with E-state index in [0.29, 0.717) is 12.1 Å². The Kier molecular flexibility index (Phi) is 5.10. The number of rotatable bonds is 4. The molecule has 1 fully saturated rings. The van der Waals surface area contributed by atoms with Gasteiger partial charge in [0.2, 0.25) is 5.91 Å². The smallest absolute Gasteiger partial charge is 0.245 e. The molecule has 21 heavy (non-hydrogen) atoms. The quantitative estimate of drug-likeness (QED) is 0.925. The summed E-state index contributed by atoms with van der Waals surface area (Å²) >= 11 is 0. The minimum Gasteiger partial charge on any atom is -0.497 e. The molecule has 1 amide bonds. The molecule has 116 valence electrons. The first-order chi connectivity index (χ1) is 10.0. The topological polar surface area (TPSA) is 41.6 Å². The minimum atomic E-state index is -0.221. The van der Waals surface area contributed by atoms with Gasteiger partial charge < -0.3 is 15.0 Å². The minimum absolute atomic E-state index is 0.186. The van der Waals surface area contributed by atoms with Crippen LogP contribution in [0.5, 0.6) is 5.75 Å². The van der Waals surface area contributed by atoms with E-state index < -0.39 is 0 Å². The van der Waals surface area contributed by atoms with Gasteiger partial charge in [0, 0.05) is 17.8 Å². The van der Waals surface area contributed by atoms with Crippen molar-refractivity contribution in [2.24, 2.45) is 0 Å². The Hall–Kier alpha value is -1.71. The SMILES string of the molecule is COc1ccc(N[C@H](C)C(=O)N2[C@@H](C)CCC[C@@H]2C)cc1. The molecule has 0 aliphatic carbocycles. The lowest BCUT2D eigenvalue weighted by Crippen LogP contribution is -2.52. The highest BCUT2D eigenvalue weighted by molar-refractivity contribution is 5.85. The first kappa shape index (κ1) is 15.7. The Balaban J connectivity index is 2.01. The molecule has 1 aromatic rings. The van der Waals surface area contributed by atoms with Crippen LogP contribution in [-0.4, -0.2) is 36.0 Å². The number of ether oxygens (including phenoxy) is 1. The third-order valence-corrected chi connectivity index (χ3v) is 4.29. The van der Waals surface area contributed by atoms with Crippen LogP contribution in [-0.2, 0) is 4.79 Å². The Labute approximate surface area is 127 Å². The zero-order valence-electron chi connectivity index (χ0n) is 13.4. The van der Waals surface area contributed by atoms with Gasteiger partial charge >= 0.3 is 0 Å². The van der Waals surface area contributed by atoms with Crippen molar-refractivity contribution in [3.05, 3.63) is 24.3 Å². The Bertz CT molecular complexity index is 462. The molecule has 1 aliphatic heterocycles. The van der Waals surface area contributed by atoms with Gasteiger partial charge in [-0.2, -0.15) is 0 Å². The predicted molar refractivity (Wildman–Crippen MR) is 85.7 cm³/mol. The van der Waals surface area contributed by atoms with Gasteiger partial charge in [-0.25, -0.2) is 0 Å². The van der Waals surface area contributed by atoms with Crippen molar-refractivity contribution in [1.29, 1.82) is 0 Å². The number of methoxy groups -OCH3 is 1. The van der Waals surface area contributed by atoms with Crippen LogP contribution in [0.3, 0.4) is 0 Å². The maximum Gasteiger partial charge on any atom is 0.245 e.